The quantitative estimate of drug-likeness (QED) is 0.769. The molecule has 5 heteroatoms. The molecule has 0 aliphatic rings. The van der Waals surface area contributed by atoms with Crippen molar-refractivity contribution in [1.29, 1.82) is 0 Å². The highest BCUT2D eigenvalue weighted by Crippen LogP contribution is 2.19. The van der Waals surface area contributed by atoms with Gasteiger partial charge in [-0.15, -0.1) is 0 Å². The molecular weight excluding hydrogens is 288 g/mol. The van der Waals surface area contributed by atoms with E-state index in [1.54, 1.807) is 18.5 Å². The van der Waals surface area contributed by atoms with Gasteiger partial charge in [-0.3, -0.25) is 14.9 Å². The predicted molar refractivity (Wildman–Crippen MR) is 90.3 cm³/mol. The zero-order valence-electron chi connectivity index (χ0n) is 13.1. The molecule has 1 amide bonds. The van der Waals surface area contributed by atoms with Crippen LogP contribution in [0.5, 0.6) is 0 Å². The van der Waals surface area contributed by atoms with Gasteiger partial charge in [-0.2, -0.15) is 5.10 Å². The minimum Gasteiger partial charge on any atom is -0.321 e. The van der Waals surface area contributed by atoms with E-state index in [1.807, 2.05) is 36.4 Å². The molecule has 0 atom stereocenters. The molecule has 5 nitrogen and oxygen atoms in total. The predicted octanol–water partition coefficient (Wildman–Crippen LogP) is 3.85. The van der Waals surface area contributed by atoms with Crippen molar-refractivity contribution in [2.24, 2.45) is 0 Å². The first-order valence-electron chi connectivity index (χ1n) is 7.50. The average molecular weight is 306 g/mol. The monoisotopic (exact) mass is 306 g/mol. The van der Waals surface area contributed by atoms with E-state index in [-0.39, 0.29) is 5.91 Å². The number of hydrogen-bond donors (Lipinski definition) is 2. The maximum absolute atomic E-state index is 12.3. The molecule has 0 saturated heterocycles. The maximum atomic E-state index is 12.3. The van der Waals surface area contributed by atoms with Crippen LogP contribution in [0.15, 0.2) is 54.9 Å². The number of hydrogen-bond acceptors (Lipinski definition) is 3. The third-order valence-corrected chi connectivity index (χ3v) is 3.63. The van der Waals surface area contributed by atoms with E-state index in [9.17, 15) is 4.79 Å². The molecule has 0 spiro atoms. The molecule has 0 aliphatic heterocycles. The van der Waals surface area contributed by atoms with E-state index in [2.05, 4.69) is 34.3 Å². The summed E-state index contributed by atoms with van der Waals surface area (Å²) in [6.07, 6.45) is 3.39. The van der Waals surface area contributed by atoms with Crippen molar-refractivity contribution < 1.29 is 4.79 Å². The number of carbonyl (C=O) groups is 1. The molecule has 1 aromatic carbocycles. The number of carbonyl (C=O) groups excluding carboxylic acids is 1. The minimum atomic E-state index is -0.213. The van der Waals surface area contributed by atoms with Gasteiger partial charge >= 0.3 is 0 Å². The average Bonchev–Trinajstić information content (AvgIpc) is 3.06. The fourth-order valence-electron chi connectivity index (χ4n) is 2.26. The number of aromatic amines is 1. The highest BCUT2D eigenvalue weighted by molar-refractivity contribution is 6.03. The van der Waals surface area contributed by atoms with E-state index >= 15 is 0 Å². The number of benzene rings is 1. The van der Waals surface area contributed by atoms with Crippen LogP contribution in [-0.4, -0.2) is 21.1 Å². The Balaban J connectivity index is 1.72. The molecule has 23 heavy (non-hydrogen) atoms. The van der Waals surface area contributed by atoms with Crippen molar-refractivity contribution in [3.63, 3.8) is 0 Å². The van der Waals surface area contributed by atoms with Gasteiger partial charge in [0.25, 0.3) is 5.91 Å². The van der Waals surface area contributed by atoms with Crippen LogP contribution in [-0.2, 0) is 0 Å². The van der Waals surface area contributed by atoms with Gasteiger partial charge in [0.05, 0.1) is 5.69 Å². The molecule has 116 valence electrons. The van der Waals surface area contributed by atoms with Gasteiger partial charge in [-0.25, -0.2) is 0 Å². The molecular formula is C18H18N4O. The van der Waals surface area contributed by atoms with Crippen molar-refractivity contribution in [3.8, 4) is 11.3 Å². The lowest BCUT2D eigenvalue weighted by Crippen LogP contribution is -2.12. The van der Waals surface area contributed by atoms with Crippen molar-refractivity contribution in [3.05, 3.63) is 66.1 Å². The molecule has 0 saturated carbocycles. The summed E-state index contributed by atoms with van der Waals surface area (Å²) in [6.45, 7) is 4.28. The van der Waals surface area contributed by atoms with Gasteiger partial charge in [0.2, 0.25) is 0 Å². The fraction of sp³-hybridized carbons (Fsp3) is 0.167. The number of aromatic nitrogens is 3. The Labute approximate surface area is 134 Å². The molecule has 0 bridgehead atoms. The highest BCUT2D eigenvalue weighted by atomic mass is 16.1. The molecule has 3 rings (SSSR count). The molecule has 0 aliphatic carbocycles. The van der Waals surface area contributed by atoms with Crippen LogP contribution in [0.3, 0.4) is 0 Å². The SMILES string of the molecule is CC(C)c1ccc(NC(=O)c2cc(-c3ccncc3)n[nH]2)cc1. The lowest BCUT2D eigenvalue weighted by atomic mass is 10.0. The summed E-state index contributed by atoms with van der Waals surface area (Å²) in [5, 5.41) is 9.81. The first kappa shape index (κ1) is 15.0. The molecule has 0 unspecified atom stereocenters. The second-order valence-electron chi connectivity index (χ2n) is 5.63. The van der Waals surface area contributed by atoms with Crippen LogP contribution < -0.4 is 5.32 Å². The van der Waals surface area contributed by atoms with E-state index < -0.39 is 0 Å². The third kappa shape index (κ3) is 3.45. The first-order chi connectivity index (χ1) is 11.1. The number of nitrogens with zero attached hydrogens (tertiary/aromatic N) is 2. The number of H-pyrrole nitrogens is 1. The van der Waals surface area contributed by atoms with Gasteiger partial charge < -0.3 is 5.32 Å². The second kappa shape index (κ2) is 6.44. The Hall–Kier alpha value is -2.95. The highest BCUT2D eigenvalue weighted by Gasteiger charge is 2.11. The molecule has 0 fully saturated rings. The van der Waals surface area contributed by atoms with Gasteiger partial charge in [-0.05, 0) is 41.8 Å². The number of rotatable bonds is 4. The minimum absolute atomic E-state index is 0.213. The molecule has 0 radical (unpaired) electrons. The Bertz CT molecular complexity index is 791. The fourth-order valence-corrected chi connectivity index (χ4v) is 2.26. The summed E-state index contributed by atoms with van der Waals surface area (Å²) in [6, 6.07) is 13.3. The maximum Gasteiger partial charge on any atom is 0.273 e. The molecule has 2 aromatic heterocycles. The summed E-state index contributed by atoms with van der Waals surface area (Å²) in [4.78, 5) is 16.3. The Kier molecular flexibility index (Phi) is 4.19. The lowest BCUT2D eigenvalue weighted by Gasteiger charge is -2.07. The molecule has 2 N–H and O–H groups in total. The Morgan fingerprint density at radius 1 is 1.09 bits per heavy atom. The van der Waals surface area contributed by atoms with E-state index in [0.29, 0.717) is 17.3 Å². The summed E-state index contributed by atoms with van der Waals surface area (Å²) >= 11 is 0. The summed E-state index contributed by atoms with van der Waals surface area (Å²) in [7, 11) is 0. The number of amides is 1. The van der Waals surface area contributed by atoms with Gasteiger partial charge in [-0.1, -0.05) is 26.0 Å². The topological polar surface area (TPSA) is 70.7 Å². The Morgan fingerprint density at radius 2 is 1.78 bits per heavy atom. The van der Waals surface area contributed by atoms with Crippen LogP contribution in [0.2, 0.25) is 0 Å². The van der Waals surface area contributed by atoms with Crippen molar-refractivity contribution in [2.45, 2.75) is 19.8 Å². The summed E-state index contributed by atoms with van der Waals surface area (Å²) in [5.41, 5.74) is 4.05. The summed E-state index contributed by atoms with van der Waals surface area (Å²) < 4.78 is 0. The van der Waals surface area contributed by atoms with Crippen LogP contribution in [0, 0.1) is 0 Å². The van der Waals surface area contributed by atoms with E-state index in [4.69, 9.17) is 0 Å². The van der Waals surface area contributed by atoms with Gasteiger partial charge in [0, 0.05) is 23.6 Å². The normalized spacial score (nSPS) is 10.7. The number of nitrogens with one attached hydrogen (secondary N) is 2. The standard InChI is InChI=1S/C18H18N4O/c1-12(2)13-3-5-15(6-4-13)20-18(23)17-11-16(21-22-17)14-7-9-19-10-8-14/h3-12H,1-2H3,(H,20,23)(H,21,22). The Morgan fingerprint density at radius 3 is 2.43 bits per heavy atom. The lowest BCUT2D eigenvalue weighted by molar-refractivity contribution is 0.102. The molecule has 2 heterocycles. The van der Waals surface area contributed by atoms with E-state index in [0.717, 1.165) is 11.3 Å². The molecule has 3 aromatic rings. The summed E-state index contributed by atoms with van der Waals surface area (Å²) in [5.74, 6) is 0.255. The van der Waals surface area contributed by atoms with Crippen molar-refractivity contribution in [1.82, 2.24) is 15.2 Å². The van der Waals surface area contributed by atoms with Crippen LogP contribution in [0.1, 0.15) is 35.8 Å². The number of pyridine rings is 1. The van der Waals surface area contributed by atoms with Crippen molar-refractivity contribution in [2.75, 3.05) is 5.32 Å². The zero-order valence-corrected chi connectivity index (χ0v) is 13.1. The van der Waals surface area contributed by atoms with Crippen molar-refractivity contribution >= 4 is 11.6 Å². The van der Waals surface area contributed by atoms with Gasteiger partial charge in [0.1, 0.15) is 5.69 Å². The van der Waals surface area contributed by atoms with Gasteiger partial charge in [0.15, 0.2) is 0 Å². The van der Waals surface area contributed by atoms with Crippen LogP contribution in [0.25, 0.3) is 11.3 Å². The largest absolute Gasteiger partial charge is 0.321 e. The van der Waals surface area contributed by atoms with Crippen LogP contribution >= 0.6 is 0 Å². The smallest absolute Gasteiger partial charge is 0.273 e. The second-order valence-corrected chi connectivity index (χ2v) is 5.63. The zero-order chi connectivity index (χ0) is 16.2. The first-order valence-corrected chi connectivity index (χ1v) is 7.50. The van der Waals surface area contributed by atoms with Crippen LogP contribution in [0.4, 0.5) is 5.69 Å². The van der Waals surface area contributed by atoms with E-state index in [1.165, 1.54) is 5.56 Å². The number of anilines is 1. The third-order valence-electron chi connectivity index (χ3n) is 3.63.